The van der Waals surface area contributed by atoms with E-state index in [1.54, 1.807) is 12.1 Å². The molecule has 0 amide bonds. The van der Waals surface area contributed by atoms with Crippen molar-refractivity contribution in [2.45, 2.75) is 6.50 Å². The van der Waals surface area contributed by atoms with Crippen molar-refractivity contribution in [2.75, 3.05) is 63.5 Å². The number of aromatic nitrogens is 6. The monoisotopic (exact) mass is 514 g/mol. The third kappa shape index (κ3) is 4.68. The van der Waals surface area contributed by atoms with Gasteiger partial charge in [-0.15, -0.1) is 5.10 Å². The van der Waals surface area contributed by atoms with Crippen LogP contribution in [0.4, 0.5) is 11.6 Å². The molecule has 5 heterocycles. The molecule has 0 saturated carbocycles. The van der Waals surface area contributed by atoms with E-state index in [0.29, 0.717) is 16.2 Å². The number of nitrogens with zero attached hydrogens (tertiary/aromatic N) is 8. The van der Waals surface area contributed by atoms with Gasteiger partial charge in [0.2, 0.25) is 11.8 Å². The van der Waals surface area contributed by atoms with Crippen LogP contribution in [0.3, 0.4) is 0 Å². The summed E-state index contributed by atoms with van der Waals surface area (Å²) >= 11 is 0. The third-order valence-corrected chi connectivity index (χ3v) is 5.47. The van der Waals surface area contributed by atoms with E-state index in [0.717, 1.165) is 9.80 Å². The summed E-state index contributed by atoms with van der Waals surface area (Å²) in [5.41, 5.74) is 6.23. The van der Waals surface area contributed by atoms with Crippen LogP contribution in [0, 0.1) is 0 Å². The van der Waals surface area contributed by atoms with Crippen LogP contribution in [0.25, 0.3) is 28.3 Å². The molecule has 0 atom stereocenters. The quantitative estimate of drug-likeness (QED) is 0.293. The number of furan rings is 1. The van der Waals surface area contributed by atoms with E-state index in [9.17, 15) is 0 Å². The number of hydrogen-bond acceptors (Lipinski definition) is 10. The van der Waals surface area contributed by atoms with Gasteiger partial charge in [-0.25, -0.2) is 9.67 Å². The Hall–Kier alpha value is -4.16. The summed E-state index contributed by atoms with van der Waals surface area (Å²) in [6, 6.07) is 9.01. The van der Waals surface area contributed by atoms with Crippen molar-refractivity contribution in [3.05, 3.63) is 48.9 Å². The number of benzene rings is 1. The average Bonchev–Trinajstić information content (AvgIpc) is 3.74. The molecule has 0 spiro atoms. The molecule has 1 fully saturated rings. The highest BCUT2D eigenvalue weighted by atomic mass is 16.5. The smallest absolute Gasteiger partial charge is 0.225 e. The standard InChI is InChI=1S/C25H29N9O3/c1-35-15-16-36-19-6-4-18(5-7-19)32-11-8-31(9-12-32)10-13-33-23-20(17-27-33)24-28-22(21-3-2-14-37-21)30-34(24)25(26)29-23/h2-7,14,17H,8-13,15-16H2,1H3,(H2,26,29)/i1D3,10D2,11D2,12D2,13D2. The Bertz CT molecular complexity index is 1910. The highest BCUT2D eigenvalue weighted by Crippen LogP contribution is 2.24. The Morgan fingerprint density at radius 3 is 2.76 bits per heavy atom. The maximum Gasteiger partial charge on any atom is 0.225 e. The van der Waals surface area contributed by atoms with Crippen LogP contribution in [0.1, 0.15) is 15.1 Å². The van der Waals surface area contributed by atoms with E-state index in [-0.39, 0.29) is 47.4 Å². The van der Waals surface area contributed by atoms with Crippen molar-refractivity contribution in [2.24, 2.45) is 0 Å². The molecule has 1 aliphatic rings. The lowest BCUT2D eigenvalue weighted by Crippen LogP contribution is -2.47. The topological polar surface area (TPSA) is 125 Å². The number of methoxy groups -OCH3 is 1. The van der Waals surface area contributed by atoms with Gasteiger partial charge in [-0.2, -0.15) is 14.6 Å². The number of anilines is 2. The van der Waals surface area contributed by atoms with Crippen molar-refractivity contribution < 1.29 is 29.0 Å². The first-order valence-corrected chi connectivity index (χ1v) is 11.2. The number of piperazine rings is 1. The molecule has 0 bridgehead atoms. The largest absolute Gasteiger partial charge is 0.491 e. The zero-order valence-corrected chi connectivity index (χ0v) is 19.3. The average molecular weight is 515 g/mol. The molecule has 2 N–H and O–H groups in total. The molecule has 6 rings (SSSR count). The lowest BCUT2D eigenvalue weighted by Gasteiger charge is -2.36. The molecule has 0 unspecified atom stereocenters. The Morgan fingerprint density at radius 1 is 1.11 bits per heavy atom. The molecular weight excluding hydrogens is 474 g/mol. The molecule has 192 valence electrons. The Labute approximate surface area is 228 Å². The minimum Gasteiger partial charge on any atom is -0.491 e. The fraction of sp³-hybridized carbons (Fsp3) is 0.360. The van der Waals surface area contributed by atoms with E-state index in [1.807, 2.05) is 0 Å². The molecule has 1 aromatic carbocycles. The number of aryl methyl sites for hydroxylation is 1. The van der Waals surface area contributed by atoms with E-state index < -0.39 is 46.1 Å². The molecule has 1 saturated heterocycles. The van der Waals surface area contributed by atoms with Crippen molar-refractivity contribution in [1.29, 1.82) is 0 Å². The number of nitrogens with two attached hydrogens (primary N) is 1. The molecule has 12 nitrogen and oxygen atoms in total. The molecule has 0 radical (unpaired) electrons. The van der Waals surface area contributed by atoms with Crippen LogP contribution in [-0.4, -0.2) is 87.1 Å². The molecule has 1 aliphatic heterocycles. The van der Waals surface area contributed by atoms with Gasteiger partial charge in [0.1, 0.15) is 12.4 Å². The van der Waals surface area contributed by atoms with E-state index >= 15 is 0 Å². The van der Waals surface area contributed by atoms with Crippen LogP contribution < -0.4 is 15.4 Å². The van der Waals surface area contributed by atoms with Crippen molar-refractivity contribution in [3.8, 4) is 17.3 Å². The molecule has 5 aromatic rings. The fourth-order valence-electron chi connectivity index (χ4n) is 3.70. The lowest BCUT2D eigenvalue weighted by atomic mass is 10.2. The van der Waals surface area contributed by atoms with Crippen LogP contribution in [0.2, 0.25) is 0 Å². The Balaban J connectivity index is 1.25. The van der Waals surface area contributed by atoms with E-state index in [1.165, 1.54) is 41.2 Å². The zero-order chi connectivity index (χ0) is 34.9. The normalized spacial score (nSPS) is 22.9. The van der Waals surface area contributed by atoms with Gasteiger partial charge in [-0.05, 0) is 36.4 Å². The summed E-state index contributed by atoms with van der Waals surface area (Å²) < 4.78 is 109. The Morgan fingerprint density at radius 2 is 1.97 bits per heavy atom. The van der Waals surface area contributed by atoms with Gasteiger partial charge in [-0.1, -0.05) is 0 Å². The second-order valence-electron chi connectivity index (χ2n) is 7.83. The number of nitrogen functional groups attached to an aromatic ring is 1. The van der Waals surface area contributed by atoms with E-state index in [2.05, 4.69) is 24.9 Å². The Kier molecular flexibility index (Phi) is 3.80. The predicted molar refractivity (Wildman–Crippen MR) is 139 cm³/mol. The van der Waals surface area contributed by atoms with Gasteiger partial charge >= 0.3 is 0 Å². The van der Waals surface area contributed by atoms with Gasteiger partial charge < -0.3 is 24.5 Å². The summed E-state index contributed by atoms with van der Waals surface area (Å²) in [5.74, 6) is 0.633. The summed E-state index contributed by atoms with van der Waals surface area (Å²) in [5, 5.41) is 8.56. The summed E-state index contributed by atoms with van der Waals surface area (Å²) in [6.45, 7) is -12.9. The van der Waals surface area contributed by atoms with Gasteiger partial charge in [0.25, 0.3) is 0 Å². The van der Waals surface area contributed by atoms with Gasteiger partial charge in [0, 0.05) is 48.0 Å². The predicted octanol–water partition coefficient (Wildman–Crippen LogP) is 2.16. The maximum atomic E-state index is 8.90. The highest BCUT2D eigenvalue weighted by molar-refractivity contribution is 5.90. The lowest BCUT2D eigenvalue weighted by molar-refractivity contribution is 0.146. The number of hydrogen-bond donors (Lipinski definition) is 1. The summed E-state index contributed by atoms with van der Waals surface area (Å²) in [7, 11) is -2.56. The van der Waals surface area contributed by atoms with Gasteiger partial charge in [0.15, 0.2) is 17.1 Å². The fourth-order valence-corrected chi connectivity index (χ4v) is 3.70. The summed E-state index contributed by atoms with van der Waals surface area (Å²) in [4.78, 5) is 10.2. The van der Waals surface area contributed by atoms with Crippen molar-refractivity contribution in [1.82, 2.24) is 34.3 Å². The van der Waals surface area contributed by atoms with E-state index in [4.69, 9.17) is 30.0 Å². The minimum atomic E-state index is -3.04. The first-order chi connectivity index (χ1) is 22.3. The van der Waals surface area contributed by atoms with Crippen LogP contribution >= 0.6 is 0 Å². The number of fused-ring (bicyclic) bond motifs is 3. The molecule has 37 heavy (non-hydrogen) atoms. The number of rotatable bonds is 9. The van der Waals surface area contributed by atoms with Crippen molar-refractivity contribution in [3.63, 3.8) is 0 Å². The van der Waals surface area contributed by atoms with Crippen LogP contribution in [0.5, 0.6) is 5.75 Å². The second-order valence-corrected chi connectivity index (χ2v) is 7.83. The first kappa shape index (κ1) is 14.0. The zero-order valence-electron chi connectivity index (χ0n) is 30.3. The van der Waals surface area contributed by atoms with Crippen LogP contribution in [0.15, 0.2) is 53.3 Å². The second kappa shape index (κ2) is 10.1. The molecular formula is C25H29N9O3. The highest BCUT2D eigenvalue weighted by Gasteiger charge is 2.20. The third-order valence-electron chi connectivity index (χ3n) is 5.47. The molecule has 0 aliphatic carbocycles. The minimum absolute atomic E-state index is 0.0708. The molecule has 4 aromatic heterocycles. The van der Waals surface area contributed by atoms with Crippen LogP contribution in [-0.2, 0) is 11.2 Å². The van der Waals surface area contributed by atoms with Gasteiger partial charge in [-0.3, -0.25) is 4.90 Å². The SMILES string of the molecule is [2H]C([2H])([2H])OCCOc1ccc(N2C([2H])([2H])CN(C([2H])([2H])C([2H])([2H])n3ncc4c3nc(N)n3nc(-c5ccco5)nc43)CC2([2H])[2H])cc1. The number of ether oxygens (including phenoxy) is 2. The summed E-state index contributed by atoms with van der Waals surface area (Å²) in [6.07, 6.45) is 2.67. The first-order valence-electron chi connectivity index (χ1n) is 16.7. The van der Waals surface area contributed by atoms with Gasteiger partial charge in [0.05, 0.1) is 43.3 Å². The van der Waals surface area contributed by atoms with Crippen molar-refractivity contribution >= 4 is 28.3 Å². The molecule has 12 heteroatoms. The maximum absolute atomic E-state index is 8.90.